The summed E-state index contributed by atoms with van der Waals surface area (Å²) in [6.45, 7) is 1.90. The minimum atomic E-state index is 0.0552. The average molecular weight is 173 g/mol. The number of ketones is 1. The van der Waals surface area contributed by atoms with Crippen molar-refractivity contribution in [1.29, 1.82) is 5.26 Å². The lowest BCUT2D eigenvalue weighted by atomic mass is 10.0. The summed E-state index contributed by atoms with van der Waals surface area (Å²) in [4.78, 5) is 11.5. The lowest BCUT2D eigenvalue weighted by molar-refractivity contribution is 0.0983. The molecule has 2 heteroatoms. The van der Waals surface area contributed by atoms with E-state index in [2.05, 4.69) is 0 Å². The van der Waals surface area contributed by atoms with Crippen LogP contribution >= 0.6 is 0 Å². The second-order valence-electron chi connectivity index (χ2n) is 2.90. The van der Waals surface area contributed by atoms with E-state index in [4.69, 9.17) is 5.26 Å². The fourth-order valence-electron chi connectivity index (χ4n) is 1.19. The number of nitrogens with zero attached hydrogens (tertiary/aromatic N) is 1. The Balaban J connectivity index is 2.78. The molecule has 0 bridgehead atoms. The molecule has 2 nitrogen and oxygen atoms in total. The van der Waals surface area contributed by atoms with Gasteiger partial charge in [-0.3, -0.25) is 4.79 Å². The Hall–Kier alpha value is -1.62. The van der Waals surface area contributed by atoms with Crippen LogP contribution in [0.25, 0.3) is 0 Å². The molecule has 0 radical (unpaired) electrons. The molecule has 0 aliphatic carbocycles. The highest BCUT2D eigenvalue weighted by Crippen LogP contribution is 2.10. The Labute approximate surface area is 77.8 Å². The van der Waals surface area contributed by atoms with Gasteiger partial charge in [0.2, 0.25) is 0 Å². The minimum absolute atomic E-state index is 0.0552. The van der Waals surface area contributed by atoms with Gasteiger partial charge in [0.25, 0.3) is 0 Å². The summed E-state index contributed by atoms with van der Waals surface area (Å²) in [6.07, 6.45) is 0.620. The topological polar surface area (TPSA) is 40.9 Å². The molecular weight excluding hydrogens is 162 g/mol. The maximum Gasteiger partial charge on any atom is 0.164 e. The fraction of sp³-hybridized carbons (Fsp3) is 0.273. The Morgan fingerprint density at radius 3 is 2.77 bits per heavy atom. The highest BCUT2D eigenvalue weighted by Gasteiger charge is 2.06. The van der Waals surface area contributed by atoms with E-state index in [9.17, 15) is 4.79 Å². The number of hydrogen-bond donors (Lipinski definition) is 0. The van der Waals surface area contributed by atoms with Crippen LogP contribution in [-0.4, -0.2) is 5.78 Å². The first-order valence-corrected chi connectivity index (χ1v) is 4.21. The van der Waals surface area contributed by atoms with Crippen molar-refractivity contribution in [2.45, 2.75) is 19.8 Å². The zero-order valence-corrected chi connectivity index (χ0v) is 7.58. The molecule has 0 heterocycles. The van der Waals surface area contributed by atoms with E-state index in [1.54, 1.807) is 6.07 Å². The molecular formula is C11H11NO. The molecule has 1 rings (SSSR count). The highest BCUT2D eigenvalue weighted by atomic mass is 16.1. The van der Waals surface area contributed by atoms with Crippen LogP contribution in [0.3, 0.4) is 0 Å². The third kappa shape index (κ3) is 2.41. The molecule has 0 N–H and O–H groups in total. The number of hydrogen-bond acceptors (Lipinski definition) is 2. The van der Waals surface area contributed by atoms with Crippen LogP contribution in [0, 0.1) is 18.3 Å². The second-order valence-corrected chi connectivity index (χ2v) is 2.90. The van der Waals surface area contributed by atoms with Crippen molar-refractivity contribution in [3.05, 3.63) is 35.4 Å². The number of aryl methyl sites for hydroxylation is 1. The number of benzene rings is 1. The third-order valence-electron chi connectivity index (χ3n) is 1.91. The van der Waals surface area contributed by atoms with Gasteiger partial charge in [0.05, 0.1) is 6.07 Å². The monoisotopic (exact) mass is 173 g/mol. The first-order chi connectivity index (χ1) is 6.25. The van der Waals surface area contributed by atoms with Crippen LogP contribution in [0.4, 0.5) is 0 Å². The Kier molecular flexibility index (Phi) is 3.22. The predicted molar refractivity (Wildman–Crippen MR) is 50.4 cm³/mol. The summed E-state index contributed by atoms with van der Waals surface area (Å²) in [7, 11) is 0. The van der Waals surface area contributed by atoms with Gasteiger partial charge in [0.15, 0.2) is 5.78 Å². The molecule has 1 aromatic carbocycles. The first kappa shape index (κ1) is 9.47. The van der Waals surface area contributed by atoms with Gasteiger partial charge >= 0.3 is 0 Å². The lowest BCUT2D eigenvalue weighted by Crippen LogP contribution is -2.00. The van der Waals surface area contributed by atoms with Crippen molar-refractivity contribution in [3.63, 3.8) is 0 Å². The largest absolute Gasteiger partial charge is 0.294 e. The zero-order valence-electron chi connectivity index (χ0n) is 7.58. The molecule has 1 aromatic rings. The normalized spacial score (nSPS) is 9.23. The summed E-state index contributed by atoms with van der Waals surface area (Å²) in [5, 5.41) is 8.33. The SMILES string of the molecule is Cc1ccccc1C(=O)CCC#N. The molecule has 0 aromatic heterocycles. The number of carbonyl (C=O) groups is 1. The van der Waals surface area contributed by atoms with Gasteiger partial charge in [-0.15, -0.1) is 0 Å². The van der Waals surface area contributed by atoms with Crippen molar-refractivity contribution >= 4 is 5.78 Å². The van der Waals surface area contributed by atoms with Crippen LogP contribution in [0.1, 0.15) is 28.8 Å². The molecule has 0 fully saturated rings. The molecule has 0 amide bonds. The molecule has 0 aliphatic rings. The average Bonchev–Trinajstić information content (AvgIpc) is 2.15. The van der Waals surface area contributed by atoms with Crippen LogP contribution in [-0.2, 0) is 0 Å². The minimum Gasteiger partial charge on any atom is -0.294 e. The Bertz CT molecular complexity index is 349. The van der Waals surface area contributed by atoms with E-state index in [-0.39, 0.29) is 5.78 Å². The van der Waals surface area contributed by atoms with Gasteiger partial charge in [-0.25, -0.2) is 0 Å². The summed E-state index contributed by atoms with van der Waals surface area (Å²) >= 11 is 0. The number of carbonyl (C=O) groups excluding carboxylic acids is 1. The number of nitriles is 1. The Morgan fingerprint density at radius 1 is 1.46 bits per heavy atom. The van der Waals surface area contributed by atoms with E-state index in [1.807, 2.05) is 31.2 Å². The summed E-state index contributed by atoms with van der Waals surface area (Å²) in [5.74, 6) is 0.0552. The van der Waals surface area contributed by atoms with Crippen LogP contribution in [0.15, 0.2) is 24.3 Å². The van der Waals surface area contributed by atoms with Gasteiger partial charge in [-0.05, 0) is 12.5 Å². The fourth-order valence-corrected chi connectivity index (χ4v) is 1.19. The maximum absolute atomic E-state index is 11.5. The molecule has 13 heavy (non-hydrogen) atoms. The zero-order chi connectivity index (χ0) is 9.68. The van der Waals surface area contributed by atoms with Crippen molar-refractivity contribution < 1.29 is 4.79 Å². The summed E-state index contributed by atoms with van der Waals surface area (Å²) in [5.41, 5.74) is 1.71. The van der Waals surface area contributed by atoms with Gasteiger partial charge < -0.3 is 0 Å². The molecule has 0 atom stereocenters. The molecule has 66 valence electrons. The van der Waals surface area contributed by atoms with Crippen molar-refractivity contribution in [3.8, 4) is 6.07 Å². The van der Waals surface area contributed by atoms with Crippen LogP contribution in [0.2, 0.25) is 0 Å². The van der Waals surface area contributed by atoms with E-state index in [0.29, 0.717) is 12.8 Å². The van der Waals surface area contributed by atoms with Crippen molar-refractivity contribution in [2.75, 3.05) is 0 Å². The standard InChI is InChI=1S/C11H11NO/c1-9-5-2-3-6-10(9)11(13)7-4-8-12/h2-3,5-6H,4,7H2,1H3. The molecule has 0 saturated heterocycles. The van der Waals surface area contributed by atoms with E-state index < -0.39 is 0 Å². The molecule has 0 unspecified atom stereocenters. The molecule has 0 spiro atoms. The summed E-state index contributed by atoms with van der Waals surface area (Å²) < 4.78 is 0. The van der Waals surface area contributed by atoms with E-state index in [1.165, 1.54) is 0 Å². The van der Waals surface area contributed by atoms with E-state index in [0.717, 1.165) is 11.1 Å². The van der Waals surface area contributed by atoms with Gasteiger partial charge in [0.1, 0.15) is 0 Å². The second kappa shape index (κ2) is 4.42. The highest BCUT2D eigenvalue weighted by molar-refractivity contribution is 5.97. The predicted octanol–water partition coefficient (Wildman–Crippen LogP) is 2.48. The number of rotatable bonds is 3. The molecule has 0 saturated carbocycles. The number of Topliss-reactive ketones (excluding diaryl/α,β-unsaturated/α-hetero) is 1. The lowest BCUT2D eigenvalue weighted by Gasteiger charge is -2.01. The van der Waals surface area contributed by atoms with Gasteiger partial charge in [-0.1, -0.05) is 24.3 Å². The van der Waals surface area contributed by atoms with Gasteiger partial charge in [0, 0.05) is 18.4 Å². The van der Waals surface area contributed by atoms with Crippen LogP contribution < -0.4 is 0 Å². The smallest absolute Gasteiger partial charge is 0.164 e. The third-order valence-corrected chi connectivity index (χ3v) is 1.91. The van der Waals surface area contributed by atoms with Crippen molar-refractivity contribution in [2.24, 2.45) is 0 Å². The van der Waals surface area contributed by atoms with E-state index >= 15 is 0 Å². The van der Waals surface area contributed by atoms with Crippen molar-refractivity contribution in [1.82, 2.24) is 0 Å². The maximum atomic E-state index is 11.5. The summed E-state index contributed by atoms with van der Waals surface area (Å²) in [6, 6.07) is 9.41. The van der Waals surface area contributed by atoms with Gasteiger partial charge in [-0.2, -0.15) is 5.26 Å². The van der Waals surface area contributed by atoms with Crippen LogP contribution in [0.5, 0.6) is 0 Å². The first-order valence-electron chi connectivity index (χ1n) is 4.21. The molecule has 0 aliphatic heterocycles. The quantitative estimate of drug-likeness (QED) is 0.659. The Morgan fingerprint density at radius 2 is 2.15 bits per heavy atom.